The molecule has 1 aromatic carbocycles. The molecule has 132 valence electrons. The first-order valence-corrected chi connectivity index (χ1v) is 6.95. The van der Waals surface area contributed by atoms with Crippen LogP contribution in [-0.2, 0) is 22.3 Å². The van der Waals surface area contributed by atoms with Crippen LogP contribution < -0.4 is 11.0 Å². The van der Waals surface area contributed by atoms with E-state index in [1.165, 1.54) is 13.3 Å². The van der Waals surface area contributed by atoms with Crippen LogP contribution >= 0.6 is 0 Å². The van der Waals surface area contributed by atoms with Crippen LogP contribution in [0.2, 0.25) is 0 Å². The molecular weight excluding hydrogens is 343 g/mol. The van der Waals surface area contributed by atoms with E-state index in [0.29, 0.717) is 12.1 Å². The zero-order valence-corrected chi connectivity index (χ0v) is 12.8. The molecule has 0 radical (unpaired) electrons. The van der Waals surface area contributed by atoms with Gasteiger partial charge >= 0.3 is 18.0 Å². The van der Waals surface area contributed by atoms with Gasteiger partial charge < -0.3 is 9.26 Å². The van der Waals surface area contributed by atoms with E-state index in [1.54, 1.807) is 29.3 Å². The molecule has 11 heteroatoms. The van der Waals surface area contributed by atoms with Gasteiger partial charge in [-0.15, -0.1) is 5.53 Å². The lowest BCUT2D eigenvalue weighted by molar-refractivity contribution is -0.159. The normalized spacial score (nSPS) is 14.2. The van der Waals surface area contributed by atoms with Gasteiger partial charge in [-0.2, -0.15) is 18.2 Å². The van der Waals surface area contributed by atoms with Crippen molar-refractivity contribution in [3.63, 3.8) is 0 Å². The Balaban J connectivity index is 1.68. The summed E-state index contributed by atoms with van der Waals surface area (Å²) in [7, 11) is 1.27. The van der Waals surface area contributed by atoms with Gasteiger partial charge in [-0.05, 0) is 5.56 Å². The SMILES string of the molecule is COC(=O)C1=CN(Cc2ccc(-c3noc(C(F)(F)F)n3)cc2)NN1. The summed E-state index contributed by atoms with van der Waals surface area (Å²) < 4.78 is 46.2. The van der Waals surface area contributed by atoms with Crippen molar-refractivity contribution >= 4 is 5.97 Å². The molecule has 1 aliphatic heterocycles. The Labute approximate surface area is 139 Å². The number of hydrogen-bond donors (Lipinski definition) is 2. The Morgan fingerprint density at radius 3 is 2.64 bits per heavy atom. The van der Waals surface area contributed by atoms with Crippen LogP contribution in [0.3, 0.4) is 0 Å². The van der Waals surface area contributed by atoms with Crippen LogP contribution in [0.15, 0.2) is 40.7 Å². The summed E-state index contributed by atoms with van der Waals surface area (Å²) in [6, 6.07) is 6.55. The number of aromatic nitrogens is 2. The number of esters is 1. The second-order valence-corrected chi connectivity index (χ2v) is 5.02. The average Bonchev–Trinajstić information content (AvgIpc) is 3.24. The minimum atomic E-state index is -4.68. The number of hydrazine groups is 2. The molecule has 1 aliphatic rings. The quantitative estimate of drug-likeness (QED) is 0.799. The van der Waals surface area contributed by atoms with Gasteiger partial charge in [0, 0.05) is 5.56 Å². The first-order valence-electron chi connectivity index (χ1n) is 6.95. The minimum Gasteiger partial charge on any atom is -0.464 e. The third-order valence-corrected chi connectivity index (χ3v) is 3.26. The van der Waals surface area contributed by atoms with Crippen molar-refractivity contribution in [3.05, 3.63) is 47.6 Å². The maximum Gasteiger partial charge on any atom is 0.471 e. The smallest absolute Gasteiger partial charge is 0.464 e. The molecule has 0 unspecified atom stereocenters. The van der Waals surface area contributed by atoms with E-state index in [-0.39, 0.29) is 11.5 Å². The predicted octanol–water partition coefficient (Wildman–Crippen LogP) is 1.59. The van der Waals surface area contributed by atoms with Crippen molar-refractivity contribution in [1.29, 1.82) is 0 Å². The molecule has 0 saturated carbocycles. The van der Waals surface area contributed by atoms with Gasteiger partial charge in [0.1, 0.15) is 0 Å². The monoisotopic (exact) mass is 355 g/mol. The molecule has 0 bridgehead atoms. The van der Waals surface area contributed by atoms with E-state index in [9.17, 15) is 18.0 Å². The van der Waals surface area contributed by atoms with Crippen molar-refractivity contribution in [2.75, 3.05) is 7.11 Å². The summed E-state index contributed by atoms with van der Waals surface area (Å²) in [6.07, 6.45) is -3.14. The van der Waals surface area contributed by atoms with Crippen molar-refractivity contribution < 1.29 is 27.2 Å². The second kappa shape index (κ2) is 6.43. The Kier molecular flexibility index (Phi) is 4.31. The highest BCUT2D eigenvalue weighted by molar-refractivity contribution is 5.87. The lowest BCUT2D eigenvalue weighted by Gasteiger charge is -2.14. The largest absolute Gasteiger partial charge is 0.471 e. The molecule has 0 atom stereocenters. The number of nitrogens with zero attached hydrogens (tertiary/aromatic N) is 3. The lowest BCUT2D eigenvalue weighted by atomic mass is 10.1. The van der Waals surface area contributed by atoms with Crippen LogP contribution in [-0.4, -0.2) is 28.2 Å². The Morgan fingerprint density at radius 1 is 1.32 bits per heavy atom. The Bertz CT molecular complexity index is 801. The minimum absolute atomic E-state index is 0.146. The standard InChI is InChI=1S/C14H12F3N5O3/c1-24-12(23)10-7-22(21-19-10)6-8-2-4-9(5-3-8)11-18-13(25-20-11)14(15,16)17/h2-5,7,19,21H,6H2,1H3. The number of benzene rings is 1. The molecule has 2 N–H and O–H groups in total. The number of carbonyl (C=O) groups excluding carboxylic acids is 1. The summed E-state index contributed by atoms with van der Waals surface area (Å²) in [5.74, 6) is -2.05. The molecule has 1 aromatic heterocycles. The van der Waals surface area contributed by atoms with Crippen LogP contribution in [0.1, 0.15) is 11.5 Å². The van der Waals surface area contributed by atoms with Crippen molar-refractivity contribution in [2.45, 2.75) is 12.7 Å². The molecule has 2 aromatic rings. The Morgan fingerprint density at radius 2 is 2.04 bits per heavy atom. The number of alkyl halides is 3. The van der Waals surface area contributed by atoms with E-state index in [1.807, 2.05) is 0 Å². The molecule has 3 rings (SSSR count). The van der Waals surface area contributed by atoms with Gasteiger partial charge in [0.15, 0.2) is 5.70 Å². The molecular formula is C14H12F3N5O3. The zero-order valence-electron chi connectivity index (χ0n) is 12.8. The van der Waals surface area contributed by atoms with Crippen LogP contribution in [0.5, 0.6) is 0 Å². The lowest BCUT2D eigenvalue weighted by Crippen LogP contribution is -2.37. The van der Waals surface area contributed by atoms with E-state index in [4.69, 9.17) is 0 Å². The molecule has 0 fully saturated rings. The number of rotatable bonds is 4. The van der Waals surface area contributed by atoms with Crippen molar-refractivity contribution in [3.8, 4) is 11.4 Å². The van der Waals surface area contributed by atoms with Gasteiger partial charge in [0.25, 0.3) is 0 Å². The first-order chi connectivity index (χ1) is 11.9. The summed E-state index contributed by atoms with van der Waals surface area (Å²) in [5, 5.41) is 4.93. The first kappa shape index (κ1) is 16.8. The van der Waals surface area contributed by atoms with Gasteiger partial charge in [-0.3, -0.25) is 10.4 Å². The van der Waals surface area contributed by atoms with E-state index in [2.05, 4.69) is 30.4 Å². The molecule has 2 heterocycles. The number of carbonyl (C=O) groups is 1. The topological polar surface area (TPSA) is 92.5 Å². The molecule has 25 heavy (non-hydrogen) atoms. The maximum absolute atomic E-state index is 12.5. The summed E-state index contributed by atoms with van der Waals surface area (Å²) in [6.45, 7) is 0.397. The number of hydrogen-bond acceptors (Lipinski definition) is 8. The molecule has 0 amide bonds. The molecule has 8 nitrogen and oxygen atoms in total. The number of halogens is 3. The van der Waals surface area contributed by atoms with Gasteiger partial charge in [0.2, 0.25) is 5.82 Å². The zero-order chi connectivity index (χ0) is 18.0. The van der Waals surface area contributed by atoms with Crippen molar-refractivity contribution in [1.82, 2.24) is 26.1 Å². The van der Waals surface area contributed by atoms with Gasteiger partial charge in [-0.25, -0.2) is 4.79 Å². The van der Waals surface area contributed by atoms with E-state index >= 15 is 0 Å². The number of nitrogens with one attached hydrogen (secondary N) is 2. The highest BCUT2D eigenvalue weighted by atomic mass is 19.4. The fraction of sp³-hybridized carbons (Fsp3) is 0.214. The van der Waals surface area contributed by atoms with Crippen LogP contribution in [0, 0.1) is 0 Å². The van der Waals surface area contributed by atoms with Gasteiger partial charge in [-0.1, -0.05) is 29.4 Å². The highest BCUT2D eigenvalue weighted by Crippen LogP contribution is 2.29. The summed E-state index contributed by atoms with van der Waals surface area (Å²) in [4.78, 5) is 14.7. The van der Waals surface area contributed by atoms with Crippen LogP contribution in [0.4, 0.5) is 13.2 Å². The summed E-state index contributed by atoms with van der Waals surface area (Å²) in [5.41, 5.74) is 6.90. The van der Waals surface area contributed by atoms with Crippen LogP contribution in [0.25, 0.3) is 11.4 Å². The average molecular weight is 355 g/mol. The summed E-state index contributed by atoms with van der Waals surface area (Å²) >= 11 is 0. The number of ether oxygens (including phenoxy) is 1. The fourth-order valence-electron chi connectivity index (χ4n) is 2.06. The number of methoxy groups -OCH3 is 1. The van der Waals surface area contributed by atoms with Crippen molar-refractivity contribution in [2.24, 2.45) is 0 Å². The van der Waals surface area contributed by atoms with E-state index < -0.39 is 18.0 Å². The van der Waals surface area contributed by atoms with Gasteiger partial charge in [0.05, 0.1) is 19.9 Å². The Hall–Kier alpha value is -3.08. The third kappa shape index (κ3) is 3.71. The maximum atomic E-state index is 12.5. The predicted molar refractivity (Wildman–Crippen MR) is 76.6 cm³/mol. The van der Waals surface area contributed by atoms with E-state index in [0.717, 1.165) is 5.56 Å². The third-order valence-electron chi connectivity index (χ3n) is 3.26. The molecule has 0 saturated heterocycles. The fourth-order valence-corrected chi connectivity index (χ4v) is 2.06. The molecule has 0 aliphatic carbocycles. The second-order valence-electron chi connectivity index (χ2n) is 5.02. The molecule has 0 spiro atoms. The highest BCUT2D eigenvalue weighted by Gasteiger charge is 2.38.